The van der Waals surface area contributed by atoms with Gasteiger partial charge in [-0.2, -0.15) is 0 Å². The first-order valence-corrected chi connectivity index (χ1v) is 4.32. The van der Waals surface area contributed by atoms with Crippen molar-refractivity contribution in [2.75, 3.05) is 6.61 Å². The number of hydrogen-bond donors (Lipinski definition) is 1. The summed E-state index contributed by atoms with van der Waals surface area (Å²) in [6, 6.07) is 2.57. The maximum absolute atomic E-state index is 13.2. The molecule has 1 aromatic rings. The van der Waals surface area contributed by atoms with Crippen LogP contribution in [0.15, 0.2) is 18.2 Å². The van der Waals surface area contributed by atoms with E-state index in [1.54, 1.807) is 0 Å². The van der Waals surface area contributed by atoms with E-state index in [4.69, 9.17) is 5.11 Å². The first kappa shape index (κ1) is 12.8. The summed E-state index contributed by atoms with van der Waals surface area (Å²) >= 11 is 0. The number of halogens is 4. The van der Waals surface area contributed by atoms with Crippen LogP contribution in [0.25, 0.3) is 0 Å². The fourth-order valence-electron chi connectivity index (χ4n) is 1.13. The van der Waals surface area contributed by atoms with Crippen molar-refractivity contribution < 1.29 is 27.4 Å². The number of alkyl halides is 3. The van der Waals surface area contributed by atoms with E-state index in [2.05, 4.69) is 11.7 Å². The van der Waals surface area contributed by atoms with Gasteiger partial charge in [0.05, 0.1) is 6.61 Å². The fourth-order valence-corrected chi connectivity index (χ4v) is 1.13. The van der Waals surface area contributed by atoms with Gasteiger partial charge in [0.15, 0.2) is 0 Å². The predicted molar refractivity (Wildman–Crippen MR) is 48.3 cm³/mol. The molecule has 0 aliphatic carbocycles. The summed E-state index contributed by atoms with van der Waals surface area (Å²) in [6.07, 6.45) is -4.83. The largest absolute Gasteiger partial charge is 0.573 e. The molecule has 0 spiro atoms. The van der Waals surface area contributed by atoms with Gasteiger partial charge in [-0.25, -0.2) is 4.39 Å². The highest BCUT2D eigenvalue weighted by atomic mass is 19.4. The molecule has 1 radical (unpaired) electrons. The van der Waals surface area contributed by atoms with Crippen LogP contribution >= 0.6 is 0 Å². The monoisotopic (exact) mass is 237 g/mol. The van der Waals surface area contributed by atoms with Gasteiger partial charge >= 0.3 is 6.36 Å². The van der Waals surface area contributed by atoms with Crippen molar-refractivity contribution in [3.63, 3.8) is 0 Å². The summed E-state index contributed by atoms with van der Waals surface area (Å²) in [5.41, 5.74) is -0.121. The number of aliphatic hydroxyl groups excluding tert-OH is 1. The highest BCUT2D eigenvalue weighted by molar-refractivity contribution is 5.33. The minimum absolute atomic E-state index is 0.121. The summed E-state index contributed by atoms with van der Waals surface area (Å²) < 4.78 is 52.4. The Bertz CT molecular complexity index is 362. The molecule has 0 bridgehead atoms. The minimum Gasteiger partial charge on any atom is -0.406 e. The number of benzene rings is 1. The summed E-state index contributed by atoms with van der Waals surface area (Å²) in [6.45, 7) is 2.93. The van der Waals surface area contributed by atoms with Crippen molar-refractivity contribution in [1.82, 2.24) is 0 Å². The normalized spacial score (nSPS) is 13.6. The SMILES string of the molecule is [CH2]C(CO)c1cc(OC(F)(F)F)ccc1F. The molecule has 16 heavy (non-hydrogen) atoms. The van der Waals surface area contributed by atoms with Gasteiger partial charge in [-0.3, -0.25) is 0 Å². The van der Waals surface area contributed by atoms with E-state index in [9.17, 15) is 17.6 Å². The quantitative estimate of drug-likeness (QED) is 0.819. The number of rotatable bonds is 3. The van der Waals surface area contributed by atoms with Crippen LogP contribution in [0.2, 0.25) is 0 Å². The van der Waals surface area contributed by atoms with Crippen molar-refractivity contribution in [2.24, 2.45) is 0 Å². The Labute approximate surface area is 89.5 Å². The van der Waals surface area contributed by atoms with Gasteiger partial charge in [-0.05, 0) is 30.7 Å². The molecule has 0 aliphatic heterocycles. The Morgan fingerprint density at radius 2 is 2.00 bits per heavy atom. The zero-order valence-electron chi connectivity index (χ0n) is 8.09. The Balaban J connectivity index is 2.98. The van der Waals surface area contributed by atoms with Crippen LogP contribution in [0, 0.1) is 12.7 Å². The van der Waals surface area contributed by atoms with Crippen molar-refractivity contribution in [1.29, 1.82) is 0 Å². The van der Waals surface area contributed by atoms with Gasteiger partial charge in [0.2, 0.25) is 0 Å². The minimum atomic E-state index is -4.83. The smallest absolute Gasteiger partial charge is 0.406 e. The van der Waals surface area contributed by atoms with Gasteiger partial charge in [-0.1, -0.05) is 0 Å². The van der Waals surface area contributed by atoms with E-state index in [0.29, 0.717) is 0 Å². The highest BCUT2D eigenvalue weighted by Gasteiger charge is 2.31. The molecular weight excluding hydrogens is 228 g/mol. The Morgan fingerprint density at radius 3 is 2.50 bits per heavy atom. The van der Waals surface area contributed by atoms with E-state index in [1.807, 2.05) is 0 Å². The van der Waals surface area contributed by atoms with Crippen LogP contribution < -0.4 is 4.74 Å². The summed E-state index contributed by atoms with van der Waals surface area (Å²) in [7, 11) is 0. The molecule has 1 rings (SSSR count). The second kappa shape index (κ2) is 4.69. The van der Waals surface area contributed by atoms with Crippen LogP contribution in [0.4, 0.5) is 17.6 Å². The van der Waals surface area contributed by atoms with Crippen LogP contribution in [0.5, 0.6) is 5.75 Å². The molecule has 6 heteroatoms. The molecule has 89 valence electrons. The second-order valence-corrected chi connectivity index (χ2v) is 3.11. The summed E-state index contributed by atoms with van der Waals surface area (Å²) in [5.74, 6) is -2.11. The lowest BCUT2D eigenvalue weighted by Gasteiger charge is -2.13. The van der Waals surface area contributed by atoms with Gasteiger partial charge in [0.1, 0.15) is 11.6 Å². The van der Waals surface area contributed by atoms with E-state index < -0.39 is 30.5 Å². The molecule has 1 aromatic carbocycles. The molecule has 0 saturated carbocycles. The third-order valence-corrected chi connectivity index (χ3v) is 1.86. The van der Waals surface area contributed by atoms with Crippen molar-refractivity contribution in [3.8, 4) is 5.75 Å². The van der Waals surface area contributed by atoms with E-state index in [0.717, 1.165) is 18.2 Å². The third-order valence-electron chi connectivity index (χ3n) is 1.86. The number of hydrogen-bond acceptors (Lipinski definition) is 2. The number of aliphatic hydroxyl groups is 1. The average molecular weight is 237 g/mol. The van der Waals surface area contributed by atoms with Crippen LogP contribution in [-0.4, -0.2) is 18.1 Å². The van der Waals surface area contributed by atoms with Crippen LogP contribution in [-0.2, 0) is 0 Å². The zero-order valence-corrected chi connectivity index (χ0v) is 8.09. The first-order chi connectivity index (χ1) is 7.33. The number of ether oxygens (including phenoxy) is 1. The standard InChI is InChI=1S/C10H9F4O2/c1-6(5-15)8-4-7(2-3-9(8)11)16-10(12,13)14/h2-4,6,15H,1,5H2. The zero-order chi connectivity index (χ0) is 12.3. The lowest BCUT2D eigenvalue weighted by Crippen LogP contribution is -2.17. The first-order valence-electron chi connectivity index (χ1n) is 4.32. The van der Waals surface area contributed by atoms with Gasteiger partial charge in [-0.15, -0.1) is 13.2 Å². The second-order valence-electron chi connectivity index (χ2n) is 3.11. The maximum atomic E-state index is 13.2. The Hall–Kier alpha value is -1.30. The van der Waals surface area contributed by atoms with E-state index in [-0.39, 0.29) is 5.56 Å². The summed E-state index contributed by atoms with van der Waals surface area (Å²) in [5, 5.41) is 8.74. The molecule has 1 N–H and O–H groups in total. The highest BCUT2D eigenvalue weighted by Crippen LogP contribution is 2.27. The molecule has 0 saturated heterocycles. The van der Waals surface area contributed by atoms with E-state index in [1.165, 1.54) is 0 Å². The Kier molecular flexibility index (Phi) is 3.74. The molecule has 2 nitrogen and oxygen atoms in total. The molecule has 1 unspecified atom stereocenters. The molecule has 0 fully saturated rings. The molecule has 0 aliphatic rings. The summed E-state index contributed by atoms with van der Waals surface area (Å²) in [4.78, 5) is 0. The lowest BCUT2D eigenvalue weighted by molar-refractivity contribution is -0.274. The van der Waals surface area contributed by atoms with Crippen molar-refractivity contribution in [3.05, 3.63) is 36.5 Å². The molecule has 1 atom stereocenters. The van der Waals surface area contributed by atoms with E-state index >= 15 is 0 Å². The lowest BCUT2D eigenvalue weighted by atomic mass is 10.0. The fraction of sp³-hybridized carbons (Fsp3) is 0.300. The van der Waals surface area contributed by atoms with Crippen molar-refractivity contribution in [2.45, 2.75) is 12.3 Å². The molecular formula is C10H9F4O2. The van der Waals surface area contributed by atoms with Crippen LogP contribution in [0.1, 0.15) is 11.5 Å². The van der Waals surface area contributed by atoms with Gasteiger partial charge in [0.25, 0.3) is 0 Å². The molecule has 0 heterocycles. The topological polar surface area (TPSA) is 29.5 Å². The third kappa shape index (κ3) is 3.37. The average Bonchev–Trinajstić information content (AvgIpc) is 2.18. The Morgan fingerprint density at radius 1 is 1.38 bits per heavy atom. The predicted octanol–water partition coefficient (Wildman–Crippen LogP) is 2.63. The van der Waals surface area contributed by atoms with Gasteiger partial charge in [0, 0.05) is 5.92 Å². The molecule has 0 amide bonds. The van der Waals surface area contributed by atoms with Crippen molar-refractivity contribution >= 4 is 0 Å². The maximum Gasteiger partial charge on any atom is 0.573 e. The molecule has 0 aromatic heterocycles. The van der Waals surface area contributed by atoms with Gasteiger partial charge < -0.3 is 9.84 Å². The van der Waals surface area contributed by atoms with Crippen LogP contribution in [0.3, 0.4) is 0 Å².